The molecule has 1 fully saturated rings. The van der Waals surface area contributed by atoms with Crippen molar-refractivity contribution < 1.29 is 4.74 Å². The van der Waals surface area contributed by atoms with E-state index in [-0.39, 0.29) is 0 Å². The van der Waals surface area contributed by atoms with Crippen LogP contribution in [-0.4, -0.2) is 38.2 Å². The molecule has 2 atom stereocenters. The average molecular weight is 246 g/mol. The largest absolute Gasteiger partial charge is 0.497 e. The fourth-order valence-electron chi connectivity index (χ4n) is 3.58. The van der Waals surface area contributed by atoms with Crippen molar-refractivity contribution in [2.45, 2.75) is 18.8 Å². The van der Waals surface area contributed by atoms with Crippen LogP contribution in [0.15, 0.2) is 18.2 Å². The third-order valence-corrected chi connectivity index (χ3v) is 4.50. The van der Waals surface area contributed by atoms with E-state index in [0.29, 0.717) is 5.92 Å². The minimum Gasteiger partial charge on any atom is -0.497 e. The minimum atomic E-state index is 0.690. The maximum atomic E-state index is 5.68. The summed E-state index contributed by atoms with van der Waals surface area (Å²) in [5.41, 5.74) is 8.72. The summed E-state index contributed by atoms with van der Waals surface area (Å²) in [6.07, 6.45) is 2.54. The number of nitrogens with two attached hydrogens (primary N) is 1. The molecule has 3 nitrogen and oxygen atoms in total. The van der Waals surface area contributed by atoms with E-state index in [9.17, 15) is 0 Å². The van der Waals surface area contributed by atoms with Crippen LogP contribution in [-0.2, 0) is 6.42 Å². The van der Waals surface area contributed by atoms with Crippen molar-refractivity contribution in [1.82, 2.24) is 4.90 Å². The monoisotopic (exact) mass is 246 g/mol. The molecule has 1 aromatic carbocycles. The molecule has 2 N–H and O–H groups in total. The molecule has 0 amide bonds. The van der Waals surface area contributed by atoms with Gasteiger partial charge in [0.25, 0.3) is 0 Å². The summed E-state index contributed by atoms with van der Waals surface area (Å²) >= 11 is 0. The molecule has 0 spiro atoms. The topological polar surface area (TPSA) is 38.5 Å². The first-order valence-corrected chi connectivity index (χ1v) is 6.91. The molecule has 0 bridgehead atoms. The molecule has 2 aliphatic rings. The molecule has 0 saturated carbocycles. The van der Waals surface area contributed by atoms with Gasteiger partial charge in [0.2, 0.25) is 0 Å². The van der Waals surface area contributed by atoms with E-state index in [2.05, 4.69) is 23.1 Å². The van der Waals surface area contributed by atoms with Crippen LogP contribution >= 0.6 is 0 Å². The van der Waals surface area contributed by atoms with Crippen molar-refractivity contribution in [3.63, 3.8) is 0 Å². The Morgan fingerprint density at radius 1 is 1.39 bits per heavy atom. The standard InChI is InChI=1S/C15H22N2O/c1-18-13-5-4-11-2-3-12-9-17(7-6-16)10-15(12)14(11)8-13/h4-5,8,12,15H,2-3,6-7,9-10,16H2,1H3/t12-,15-/m1/s1. The van der Waals surface area contributed by atoms with Gasteiger partial charge in [0.1, 0.15) is 5.75 Å². The van der Waals surface area contributed by atoms with E-state index in [4.69, 9.17) is 10.5 Å². The Hall–Kier alpha value is -1.06. The number of fused-ring (bicyclic) bond motifs is 3. The molecule has 0 unspecified atom stereocenters. The molecule has 1 aliphatic heterocycles. The van der Waals surface area contributed by atoms with Crippen molar-refractivity contribution in [3.8, 4) is 5.75 Å². The molecule has 18 heavy (non-hydrogen) atoms. The lowest BCUT2D eigenvalue weighted by Gasteiger charge is -2.27. The number of benzene rings is 1. The van der Waals surface area contributed by atoms with Gasteiger partial charge in [0.15, 0.2) is 0 Å². The van der Waals surface area contributed by atoms with E-state index < -0.39 is 0 Å². The van der Waals surface area contributed by atoms with Crippen molar-refractivity contribution in [1.29, 1.82) is 0 Å². The molecular weight excluding hydrogens is 224 g/mol. The van der Waals surface area contributed by atoms with Crippen LogP contribution in [0.2, 0.25) is 0 Å². The predicted octanol–water partition coefficient (Wildman–Crippen LogP) is 1.62. The van der Waals surface area contributed by atoms with Crippen LogP contribution in [0.25, 0.3) is 0 Å². The summed E-state index contributed by atoms with van der Waals surface area (Å²) in [6, 6.07) is 6.58. The van der Waals surface area contributed by atoms with Crippen LogP contribution in [0.5, 0.6) is 5.75 Å². The number of methoxy groups -OCH3 is 1. The molecule has 0 aromatic heterocycles. The number of aryl methyl sites for hydroxylation is 1. The van der Waals surface area contributed by atoms with Gasteiger partial charge in [-0.25, -0.2) is 0 Å². The highest BCUT2D eigenvalue weighted by molar-refractivity contribution is 5.41. The Morgan fingerprint density at radius 3 is 3.06 bits per heavy atom. The Bertz CT molecular complexity index is 433. The Balaban J connectivity index is 1.87. The molecule has 3 rings (SSSR count). The van der Waals surface area contributed by atoms with Gasteiger partial charge in [-0.05, 0) is 42.0 Å². The van der Waals surface area contributed by atoms with E-state index in [1.165, 1.54) is 37.1 Å². The smallest absolute Gasteiger partial charge is 0.119 e. The number of nitrogens with zero attached hydrogens (tertiary/aromatic N) is 1. The van der Waals surface area contributed by atoms with Crippen molar-refractivity contribution >= 4 is 0 Å². The van der Waals surface area contributed by atoms with E-state index in [1.54, 1.807) is 7.11 Å². The van der Waals surface area contributed by atoms with Crippen LogP contribution in [0.4, 0.5) is 0 Å². The van der Waals surface area contributed by atoms with Gasteiger partial charge in [-0.2, -0.15) is 0 Å². The average Bonchev–Trinajstić information content (AvgIpc) is 2.81. The number of rotatable bonds is 3. The minimum absolute atomic E-state index is 0.690. The molecule has 0 radical (unpaired) electrons. The lowest BCUT2D eigenvalue weighted by Crippen LogP contribution is -2.27. The summed E-state index contributed by atoms with van der Waals surface area (Å²) < 4.78 is 5.37. The van der Waals surface area contributed by atoms with Crippen LogP contribution < -0.4 is 10.5 Å². The van der Waals surface area contributed by atoms with Gasteiger partial charge < -0.3 is 15.4 Å². The summed E-state index contributed by atoms with van der Waals surface area (Å²) in [4.78, 5) is 2.52. The molecule has 3 heteroatoms. The fourth-order valence-corrected chi connectivity index (χ4v) is 3.58. The molecule has 1 heterocycles. The lowest BCUT2D eigenvalue weighted by molar-refractivity contribution is 0.330. The first kappa shape index (κ1) is 12.0. The second kappa shape index (κ2) is 4.90. The van der Waals surface area contributed by atoms with E-state index in [1.807, 2.05) is 0 Å². The van der Waals surface area contributed by atoms with Gasteiger partial charge in [-0.1, -0.05) is 6.07 Å². The van der Waals surface area contributed by atoms with Crippen molar-refractivity contribution in [2.75, 3.05) is 33.3 Å². The first-order chi connectivity index (χ1) is 8.81. The highest BCUT2D eigenvalue weighted by Gasteiger charge is 2.37. The third kappa shape index (κ3) is 2.02. The maximum absolute atomic E-state index is 5.68. The summed E-state index contributed by atoms with van der Waals surface area (Å²) in [5, 5.41) is 0. The second-order valence-corrected chi connectivity index (χ2v) is 5.52. The number of hydrogen-bond donors (Lipinski definition) is 1. The highest BCUT2D eigenvalue weighted by Crippen LogP contribution is 2.42. The molecular formula is C15H22N2O. The molecule has 1 saturated heterocycles. The maximum Gasteiger partial charge on any atom is 0.119 e. The molecule has 1 aromatic rings. The summed E-state index contributed by atoms with van der Waals surface area (Å²) in [5.74, 6) is 2.50. The summed E-state index contributed by atoms with van der Waals surface area (Å²) in [7, 11) is 1.75. The zero-order chi connectivity index (χ0) is 12.5. The fraction of sp³-hybridized carbons (Fsp3) is 0.600. The van der Waals surface area contributed by atoms with E-state index in [0.717, 1.165) is 24.8 Å². The Morgan fingerprint density at radius 2 is 2.28 bits per heavy atom. The quantitative estimate of drug-likeness (QED) is 0.880. The predicted molar refractivity (Wildman–Crippen MR) is 73.0 cm³/mol. The highest BCUT2D eigenvalue weighted by atomic mass is 16.5. The number of likely N-dealkylation sites (tertiary alicyclic amines) is 1. The SMILES string of the molecule is COc1ccc2c(c1)[C@@H]1CN(CCN)C[C@H]1CC2. The Labute approximate surface area is 109 Å². The van der Waals surface area contributed by atoms with Crippen LogP contribution in [0.3, 0.4) is 0 Å². The summed E-state index contributed by atoms with van der Waals surface area (Å²) in [6.45, 7) is 4.19. The Kier molecular flexibility index (Phi) is 3.27. The number of hydrogen-bond acceptors (Lipinski definition) is 3. The van der Waals surface area contributed by atoms with Gasteiger partial charge in [-0.15, -0.1) is 0 Å². The van der Waals surface area contributed by atoms with Crippen molar-refractivity contribution in [2.24, 2.45) is 11.7 Å². The van der Waals surface area contributed by atoms with E-state index >= 15 is 0 Å². The van der Waals surface area contributed by atoms with Crippen molar-refractivity contribution in [3.05, 3.63) is 29.3 Å². The van der Waals surface area contributed by atoms with Gasteiger partial charge in [0.05, 0.1) is 7.11 Å². The lowest BCUT2D eigenvalue weighted by atomic mass is 9.77. The third-order valence-electron chi connectivity index (χ3n) is 4.50. The van der Waals surface area contributed by atoms with Crippen LogP contribution in [0.1, 0.15) is 23.5 Å². The van der Waals surface area contributed by atoms with Gasteiger partial charge >= 0.3 is 0 Å². The zero-order valence-electron chi connectivity index (χ0n) is 11.1. The normalized spacial score (nSPS) is 26.8. The molecule has 1 aliphatic carbocycles. The van der Waals surface area contributed by atoms with Gasteiger partial charge in [0, 0.05) is 32.1 Å². The zero-order valence-corrected chi connectivity index (χ0v) is 11.1. The number of ether oxygens (including phenoxy) is 1. The second-order valence-electron chi connectivity index (χ2n) is 5.52. The van der Waals surface area contributed by atoms with Gasteiger partial charge in [-0.3, -0.25) is 0 Å². The molecule has 98 valence electrons. The first-order valence-electron chi connectivity index (χ1n) is 6.91. The van der Waals surface area contributed by atoms with Crippen LogP contribution in [0, 0.1) is 5.92 Å².